The second-order valence-electron chi connectivity index (χ2n) is 5.09. The molecule has 0 amide bonds. The molecule has 0 aliphatic rings. The van der Waals surface area contributed by atoms with Crippen molar-refractivity contribution in [1.29, 1.82) is 0 Å². The summed E-state index contributed by atoms with van der Waals surface area (Å²) in [6, 6.07) is 5.58. The van der Waals surface area contributed by atoms with Crippen LogP contribution < -0.4 is 4.74 Å². The van der Waals surface area contributed by atoms with Crippen LogP contribution in [-0.4, -0.2) is 12.1 Å². The number of nitrogens with zero attached hydrogens (tertiary/aromatic N) is 1. The highest BCUT2D eigenvalue weighted by atomic mass is 19.1. The van der Waals surface area contributed by atoms with Crippen LogP contribution in [0.1, 0.15) is 26.3 Å². The second kappa shape index (κ2) is 3.99. The summed E-state index contributed by atoms with van der Waals surface area (Å²) in [5.74, 6) is 0.409. The first-order valence-electron chi connectivity index (χ1n) is 5.57. The van der Waals surface area contributed by atoms with Gasteiger partial charge in [0.25, 0.3) is 0 Å². The van der Waals surface area contributed by atoms with Gasteiger partial charge in [-0.05, 0) is 11.5 Å². The second-order valence-corrected chi connectivity index (χ2v) is 5.09. The van der Waals surface area contributed by atoms with Gasteiger partial charge >= 0.3 is 0 Å². The van der Waals surface area contributed by atoms with E-state index in [4.69, 9.17) is 4.74 Å². The molecule has 2 aromatic rings. The molecule has 0 atom stereocenters. The Bertz CT molecular complexity index is 558. The van der Waals surface area contributed by atoms with Crippen LogP contribution in [0.2, 0.25) is 0 Å². The number of ether oxygens (including phenoxy) is 1. The van der Waals surface area contributed by atoms with Gasteiger partial charge in [0.05, 0.1) is 13.3 Å². The topological polar surface area (TPSA) is 22.1 Å². The van der Waals surface area contributed by atoms with Crippen molar-refractivity contribution >= 4 is 10.9 Å². The first-order chi connectivity index (χ1) is 7.95. The number of fused-ring (bicyclic) bond motifs is 1. The first kappa shape index (κ1) is 11.8. The van der Waals surface area contributed by atoms with E-state index in [-0.39, 0.29) is 11.2 Å². The molecule has 1 heterocycles. The van der Waals surface area contributed by atoms with Gasteiger partial charge in [0.15, 0.2) is 0 Å². The molecule has 0 saturated heterocycles. The lowest BCUT2D eigenvalue weighted by molar-refractivity contribution is 0.418. The maximum Gasteiger partial charge on any atom is 0.145 e. The molecule has 1 aromatic heterocycles. The number of methoxy groups -OCH3 is 1. The van der Waals surface area contributed by atoms with Crippen LogP contribution >= 0.6 is 0 Å². The Hall–Kier alpha value is -1.64. The molecular formula is C14H16FNO. The molecule has 90 valence electrons. The van der Waals surface area contributed by atoms with Crippen molar-refractivity contribution < 1.29 is 9.13 Å². The van der Waals surface area contributed by atoms with Gasteiger partial charge in [-0.1, -0.05) is 32.9 Å². The van der Waals surface area contributed by atoms with Gasteiger partial charge < -0.3 is 4.74 Å². The fourth-order valence-electron chi connectivity index (χ4n) is 2.10. The summed E-state index contributed by atoms with van der Waals surface area (Å²) < 4.78 is 19.2. The Balaban J connectivity index is 2.87. The molecule has 0 spiro atoms. The summed E-state index contributed by atoms with van der Waals surface area (Å²) in [4.78, 5) is 4.13. The minimum absolute atomic E-state index is 0.266. The quantitative estimate of drug-likeness (QED) is 0.749. The van der Waals surface area contributed by atoms with Crippen LogP contribution in [0.4, 0.5) is 4.39 Å². The van der Waals surface area contributed by atoms with E-state index in [2.05, 4.69) is 4.98 Å². The van der Waals surface area contributed by atoms with Crippen LogP contribution in [0, 0.1) is 5.82 Å². The molecule has 2 nitrogen and oxygen atoms in total. The first-order valence-corrected chi connectivity index (χ1v) is 5.57. The monoisotopic (exact) mass is 233 g/mol. The number of benzene rings is 1. The largest absolute Gasteiger partial charge is 0.494 e. The number of rotatable bonds is 1. The number of aromatic nitrogens is 1. The summed E-state index contributed by atoms with van der Waals surface area (Å²) in [5, 5.41) is 0.817. The maximum atomic E-state index is 13.9. The summed E-state index contributed by atoms with van der Waals surface area (Å²) >= 11 is 0. The summed E-state index contributed by atoms with van der Waals surface area (Å²) in [7, 11) is 1.59. The summed E-state index contributed by atoms with van der Waals surface area (Å²) in [5.41, 5.74) is 1.13. The van der Waals surface area contributed by atoms with E-state index in [0.717, 1.165) is 5.39 Å². The molecule has 0 aliphatic carbocycles. The smallest absolute Gasteiger partial charge is 0.145 e. The number of para-hydroxylation sites is 1. The molecule has 0 N–H and O–H groups in total. The van der Waals surface area contributed by atoms with Gasteiger partial charge in [0, 0.05) is 10.9 Å². The third kappa shape index (κ3) is 1.97. The maximum absolute atomic E-state index is 13.9. The molecule has 1 aromatic carbocycles. The Morgan fingerprint density at radius 1 is 1.24 bits per heavy atom. The number of halogens is 1. The molecule has 0 unspecified atom stereocenters. The molecule has 0 fully saturated rings. The van der Waals surface area contributed by atoms with E-state index in [1.165, 1.54) is 6.20 Å². The fourth-order valence-corrected chi connectivity index (χ4v) is 2.10. The molecule has 0 radical (unpaired) electrons. The zero-order chi connectivity index (χ0) is 12.6. The highest BCUT2D eigenvalue weighted by Crippen LogP contribution is 2.34. The van der Waals surface area contributed by atoms with Crippen molar-refractivity contribution in [1.82, 2.24) is 4.98 Å². The van der Waals surface area contributed by atoms with Crippen LogP contribution in [0.3, 0.4) is 0 Å². The van der Waals surface area contributed by atoms with Crippen LogP contribution in [0.15, 0.2) is 24.4 Å². The molecule has 3 heteroatoms. The highest BCUT2D eigenvalue weighted by molar-refractivity contribution is 5.88. The van der Waals surface area contributed by atoms with Gasteiger partial charge in [-0.25, -0.2) is 9.37 Å². The number of pyridine rings is 1. The van der Waals surface area contributed by atoms with Crippen molar-refractivity contribution in [2.45, 2.75) is 26.2 Å². The van der Waals surface area contributed by atoms with Crippen molar-refractivity contribution in [3.8, 4) is 5.75 Å². The fraction of sp³-hybridized carbons (Fsp3) is 0.357. The molecule has 0 saturated carbocycles. The standard InChI is InChI=1S/C14H16FNO/c1-14(2,3)12-9-6-5-7-11(17-4)13(9)16-8-10(12)15/h5-8H,1-4H3. The Morgan fingerprint density at radius 2 is 1.94 bits per heavy atom. The average Bonchev–Trinajstić information content (AvgIpc) is 2.25. The Morgan fingerprint density at radius 3 is 2.53 bits per heavy atom. The zero-order valence-electron chi connectivity index (χ0n) is 10.5. The van der Waals surface area contributed by atoms with E-state index < -0.39 is 0 Å². The molecular weight excluding hydrogens is 217 g/mol. The van der Waals surface area contributed by atoms with Gasteiger partial charge in [-0.15, -0.1) is 0 Å². The predicted octanol–water partition coefficient (Wildman–Crippen LogP) is 3.68. The molecule has 17 heavy (non-hydrogen) atoms. The van der Waals surface area contributed by atoms with E-state index in [1.54, 1.807) is 7.11 Å². The minimum atomic E-state index is -0.266. The number of hydrogen-bond acceptors (Lipinski definition) is 2. The van der Waals surface area contributed by atoms with Crippen molar-refractivity contribution in [3.05, 3.63) is 35.8 Å². The average molecular weight is 233 g/mol. The van der Waals surface area contributed by atoms with Gasteiger partial charge in [-0.3, -0.25) is 0 Å². The normalized spacial score (nSPS) is 11.8. The third-order valence-corrected chi connectivity index (χ3v) is 2.78. The highest BCUT2D eigenvalue weighted by Gasteiger charge is 2.22. The summed E-state index contributed by atoms with van der Waals surface area (Å²) in [6.45, 7) is 5.97. The lowest BCUT2D eigenvalue weighted by Gasteiger charge is -2.22. The van der Waals surface area contributed by atoms with Gasteiger partial charge in [-0.2, -0.15) is 0 Å². The van der Waals surface area contributed by atoms with Crippen LogP contribution in [-0.2, 0) is 5.41 Å². The summed E-state index contributed by atoms with van der Waals surface area (Å²) in [6.07, 6.45) is 1.27. The molecule has 2 rings (SSSR count). The molecule has 0 bridgehead atoms. The van der Waals surface area contributed by atoms with Gasteiger partial charge in [0.2, 0.25) is 0 Å². The van der Waals surface area contributed by atoms with E-state index in [9.17, 15) is 4.39 Å². The van der Waals surface area contributed by atoms with Crippen molar-refractivity contribution in [2.24, 2.45) is 0 Å². The van der Waals surface area contributed by atoms with Crippen LogP contribution in [0.5, 0.6) is 5.75 Å². The van der Waals surface area contributed by atoms with Crippen LogP contribution in [0.25, 0.3) is 10.9 Å². The predicted molar refractivity (Wildman–Crippen MR) is 67.0 cm³/mol. The van der Waals surface area contributed by atoms with E-state index >= 15 is 0 Å². The lowest BCUT2D eigenvalue weighted by Crippen LogP contribution is -2.14. The zero-order valence-corrected chi connectivity index (χ0v) is 10.5. The van der Waals surface area contributed by atoms with Crippen molar-refractivity contribution in [2.75, 3.05) is 7.11 Å². The minimum Gasteiger partial charge on any atom is -0.494 e. The lowest BCUT2D eigenvalue weighted by atomic mass is 9.84. The Labute approximate surface area is 100 Å². The van der Waals surface area contributed by atoms with Gasteiger partial charge in [0.1, 0.15) is 17.1 Å². The number of hydrogen-bond donors (Lipinski definition) is 0. The van der Waals surface area contributed by atoms with E-state index in [1.807, 2.05) is 39.0 Å². The molecule has 0 aliphatic heterocycles. The third-order valence-electron chi connectivity index (χ3n) is 2.78. The van der Waals surface area contributed by atoms with E-state index in [0.29, 0.717) is 16.8 Å². The Kier molecular flexibility index (Phi) is 2.77. The SMILES string of the molecule is COc1cccc2c(C(C)(C)C)c(F)cnc12. The van der Waals surface area contributed by atoms with Crippen molar-refractivity contribution in [3.63, 3.8) is 0 Å².